The lowest BCUT2D eigenvalue weighted by atomic mass is 9.66. The van der Waals surface area contributed by atoms with E-state index >= 15 is 4.39 Å². The molecule has 4 aromatic carbocycles. The lowest BCUT2D eigenvalue weighted by Gasteiger charge is -2.36. The van der Waals surface area contributed by atoms with Crippen molar-refractivity contribution in [1.82, 2.24) is 0 Å². The highest BCUT2D eigenvalue weighted by atomic mass is 19.1. The summed E-state index contributed by atoms with van der Waals surface area (Å²) in [4.78, 5) is 0. The molecule has 0 saturated carbocycles. The number of anilines is 2. The Kier molecular flexibility index (Phi) is 6.28. The maximum Gasteiger partial charge on any atom is 0.127 e. The summed E-state index contributed by atoms with van der Waals surface area (Å²) in [6, 6.07) is 32.6. The van der Waals surface area contributed by atoms with Crippen molar-refractivity contribution < 1.29 is 8.78 Å². The van der Waals surface area contributed by atoms with Crippen molar-refractivity contribution in [2.45, 2.75) is 18.3 Å². The molecular weight excluding hydrogens is 402 g/mol. The third-order valence-corrected chi connectivity index (χ3v) is 5.71. The van der Waals surface area contributed by atoms with Gasteiger partial charge in [0, 0.05) is 28.8 Å². The molecular formula is C28H22F2N2. The van der Waals surface area contributed by atoms with E-state index in [0.29, 0.717) is 6.42 Å². The molecule has 0 aromatic heterocycles. The van der Waals surface area contributed by atoms with Crippen LogP contribution < -0.4 is 5.32 Å². The summed E-state index contributed by atoms with van der Waals surface area (Å²) in [6.07, 6.45) is 0.508. The zero-order valence-electron chi connectivity index (χ0n) is 17.4. The molecule has 0 spiro atoms. The molecule has 0 radical (unpaired) electrons. The number of benzene rings is 4. The van der Waals surface area contributed by atoms with Crippen molar-refractivity contribution >= 4 is 11.4 Å². The molecule has 0 bridgehead atoms. The van der Waals surface area contributed by atoms with Gasteiger partial charge in [-0.25, -0.2) is 8.78 Å². The highest BCUT2D eigenvalue weighted by Crippen LogP contribution is 2.44. The predicted octanol–water partition coefficient (Wildman–Crippen LogP) is 7.35. The van der Waals surface area contributed by atoms with E-state index in [1.807, 2.05) is 84.9 Å². The normalized spacial score (nSPS) is 12.5. The van der Waals surface area contributed by atoms with Crippen LogP contribution in [0.15, 0.2) is 103 Å². The van der Waals surface area contributed by atoms with Crippen LogP contribution in [0.2, 0.25) is 0 Å². The first-order valence-electron chi connectivity index (χ1n) is 10.4. The summed E-state index contributed by atoms with van der Waals surface area (Å²) >= 11 is 0. The summed E-state index contributed by atoms with van der Waals surface area (Å²) < 4.78 is 29.5. The topological polar surface area (TPSA) is 35.8 Å². The fraction of sp³-hybridized carbons (Fsp3) is 0.107. The first-order chi connectivity index (χ1) is 15.6. The number of hydrogen-bond acceptors (Lipinski definition) is 2. The molecule has 0 aliphatic carbocycles. The Bertz CT molecular complexity index is 1220. The number of rotatable bonds is 7. The van der Waals surface area contributed by atoms with Crippen molar-refractivity contribution in [3.63, 3.8) is 0 Å². The number of nitriles is 1. The van der Waals surface area contributed by atoms with E-state index < -0.39 is 17.0 Å². The number of halogens is 2. The predicted molar refractivity (Wildman–Crippen MR) is 124 cm³/mol. The van der Waals surface area contributed by atoms with Crippen molar-refractivity contribution in [1.29, 1.82) is 5.26 Å². The highest BCUT2D eigenvalue weighted by Gasteiger charge is 2.38. The first kappa shape index (κ1) is 21.3. The SMILES string of the molecule is N#CCCC(c1ccccc1)(c1ccc(Nc2ccccc2)cc1)c1cc(F)ccc1F. The van der Waals surface area contributed by atoms with E-state index in [1.165, 1.54) is 6.07 Å². The molecule has 0 aliphatic rings. The molecule has 0 saturated heterocycles. The van der Waals surface area contributed by atoms with Crippen molar-refractivity contribution in [2.24, 2.45) is 0 Å². The van der Waals surface area contributed by atoms with Crippen LogP contribution >= 0.6 is 0 Å². The maximum atomic E-state index is 15.2. The number of nitrogens with zero attached hydrogens (tertiary/aromatic N) is 1. The van der Waals surface area contributed by atoms with Gasteiger partial charge in [0.25, 0.3) is 0 Å². The minimum atomic E-state index is -1.01. The maximum absolute atomic E-state index is 15.2. The molecule has 4 rings (SSSR count). The van der Waals surface area contributed by atoms with Crippen LogP contribution in [0.1, 0.15) is 29.5 Å². The van der Waals surface area contributed by atoms with E-state index in [9.17, 15) is 9.65 Å². The Balaban J connectivity index is 1.87. The monoisotopic (exact) mass is 424 g/mol. The second-order valence-electron chi connectivity index (χ2n) is 7.62. The summed E-state index contributed by atoms with van der Waals surface area (Å²) in [5, 5.41) is 12.7. The van der Waals surface area contributed by atoms with E-state index in [-0.39, 0.29) is 12.0 Å². The molecule has 32 heavy (non-hydrogen) atoms. The molecule has 0 aliphatic heterocycles. The summed E-state index contributed by atoms with van der Waals surface area (Å²) in [5.74, 6) is -1.01. The van der Waals surface area contributed by atoms with Gasteiger partial charge < -0.3 is 5.32 Å². The molecule has 4 heteroatoms. The molecule has 0 heterocycles. The van der Waals surface area contributed by atoms with Gasteiger partial charge in [-0.3, -0.25) is 0 Å². The number of hydrogen-bond donors (Lipinski definition) is 1. The van der Waals surface area contributed by atoms with Crippen LogP contribution in [0.4, 0.5) is 20.2 Å². The number of nitrogens with one attached hydrogen (secondary N) is 1. The van der Waals surface area contributed by atoms with Gasteiger partial charge in [-0.05, 0) is 60.0 Å². The second kappa shape index (κ2) is 9.45. The van der Waals surface area contributed by atoms with Gasteiger partial charge in [-0.15, -0.1) is 0 Å². The van der Waals surface area contributed by atoms with E-state index in [2.05, 4.69) is 11.4 Å². The fourth-order valence-electron chi connectivity index (χ4n) is 4.22. The van der Waals surface area contributed by atoms with E-state index in [0.717, 1.165) is 34.6 Å². The van der Waals surface area contributed by atoms with Gasteiger partial charge >= 0.3 is 0 Å². The summed E-state index contributed by atoms with van der Waals surface area (Å²) in [6.45, 7) is 0. The second-order valence-corrected chi connectivity index (χ2v) is 7.62. The van der Waals surface area contributed by atoms with Crippen LogP contribution in [0.3, 0.4) is 0 Å². The van der Waals surface area contributed by atoms with Gasteiger partial charge in [-0.2, -0.15) is 5.26 Å². The minimum Gasteiger partial charge on any atom is -0.356 e. The van der Waals surface area contributed by atoms with E-state index in [1.54, 1.807) is 0 Å². The summed E-state index contributed by atoms with van der Waals surface area (Å²) in [7, 11) is 0. The quantitative estimate of drug-likeness (QED) is 0.315. The molecule has 158 valence electrons. The Morgan fingerprint density at radius 3 is 1.97 bits per heavy atom. The van der Waals surface area contributed by atoms with Gasteiger partial charge in [0.15, 0.2) is 0 Å². The minimum absolute atomic E-state index is 0.189. The van der Waals surface area contributed by atoms with Gasteiger partial charge in [-0.1, -0.05) is 60.7 Å². The van der Waals surface area contributed by atoms with Crippen LogP contribution in [-0.2, 0) is 5.41 Å². The lowest BCUT2D eigenvalue weighted by Crippen LogP contribution is -2.31. The van der Waals surface area contributed by atoms with E-state index in [4.69, 9.17) is 0 Å². The standard InChI is InChI=1S/C28H22F2N2/c29-23-14-17-27(30)26(20-23)28(18-7-19-31,21-8-3-1-4-9-21)22-12-15-25(16-13-22)32-24-10-5-2-6-11-24/h1-6,8-17,20,32H,7,18H2. The molecule has 1 N–H and O–H groups in total. The van der Waals surface area contributed by atoms with Crippen LogP contribution in [0.5, 0.6) is 0 Å². The van der Waals surface area contributed by atoms with Crippen LogP contribution in [-0.4, -0.2) is 0 Å². The zero-order valence-corrected chi connectivity index (χ0v) is 17.4. The van der Waals surface area contributed by atoms with Crippen LogP contribution in [0.25, 0.3) is 0 Å². The molecule has 4 aromatic rings. The first-order valence-corrected chi connectivity index (χ1v) is 10.4. The largest absolute Gasteiger partial charge is 0.356 e. The lowest BCUT2D eigenvalue weighted by molar-refractivity contribution is 0.507. The Morgan fingerprint density at radius 1 is 0.719 bits per heavy atom. The third-order valence-electron chi connectivity index (χ3n) is 5.71. The Hall–Kier alpha value is -3.97. The third kappa shape index (κ3) is 4.24. The van der Waals surface area contributed by atoms with Gasteiger partial charge in [0.05, 0.1) is 6.07 Å². The smallest absolute Gasteiger partial charge is 0.127 e. The average Bonchev–Trinajstić information content (AvgIpc) is 2.84. The van der Waals surface area contributed by atoms with Crippen molar-refractivity contribution in [2.75, 3.05) is 5.32 Å². The molecule has 0 amide bonds. The Morgan fingerprint density at radius 2 is 1.31 bits per heavy atom. The molecule has 1 atom stereocenters. The molecule has 2 nitrogen and oxygen atoms in total. The molecule has 0 fully saturated rings. The average molecular weight is 424 g/mol. The fourth-order valence-corrected chi connectivity index (χ4v) is 4.22. The molecule has 1 unspecified atom stereocenters. The van der Waals surface area contributed by atoms with Crippen LogP contribution in [0, 0.1) is 23.0 Å². The van der Waals surface area contributed by atoms with Gasteiger partial charge in [0.2, 0.25) is 0 Å². The summed E-state index contributed by atoms with van der Waals surface area (Å²) in [5.41, 5.74) is 2.65. The highest BCUT2D eigenvalue weighted by molar-refractivity contribution is 5.61. The number of para-hydroxylation sites is 1. The van der Waals surface area contributed by atoms with Crippen molar-refractivity contribution in [3.05, 3.63) is 131 Å². The van der Waals surface area contributed by atoms with Crippen molar-refractivity contribution in [3.8, 4) is 6.07 Å². The Labute approximate surface area is 186 Å². The zero-order chi connectivity index (χ0) is 22.4. The van der Waals surface area contributed by atoms with Gasteiger partial charge in [0.1, 0.15) is 11.6 Å².